The van der Waals surface area contributed by atoms with Crippen LogP contribution in [0.25, 0.3) is 6.08 Å². The lowest BCUT2D eigenvalue weighted by Gasteiger charge is -2.18. The molecule has 0 saturated heterocycles. The second-order valence-corrected chi connectivity index (χ2v) is 6.82. The molecule has 0 saturated carbocycles. The van der Waals surface area contributed by atoms with Gasteiger partial charge in [0.25, 0.3) is 5.91 Å². The van der Waals surface area contributed by atoms with Crippen molar-refractivity contribution in [2.75, 3.05) is 14.2 Å². The highest BCUT2D eigenvalue weighted by molar-refractivity contribution is 6.16. The lowest BCUT2D eigenvalue weighted by molar-refractivity contribution is -0.136. The third-order valence-electron chi connectivity index (χ3n) is 4.88. The first-order valence-corrected chi connectivity index (χ1v) is 9.11. The molecule has 0 aromatic heterocycles. The first kappa shape index (κ1) is 20.2. The molecule has 3 rings (SSSR count). The Morgan fingerprint density at radius 1 is 1.10 bits per heavy atom. The first-order chi connectivity index (χ1) is 13.8. The lowest BCUT2D eigenvalue weighted by atomic mass is 10.0. The Bertz CT molecular complexity index is 1020. The van der Waals surface area contributed by atoms with Gasteiger partial charge in [-0.1, -0.05) is 35.9 Å². The maximum Gasteiger partial charge on any atom is 0.340 e. The number of carbonyl (C=O) groups excluding carboxylic acids is 2. The number of hydrogen-bond donors (Lipinski definition) is 1. The van der Waals surface area contributed by atoms with Gasteiger partial charge in [0.05, 0.1) is 31.9 Å². The van der Waals surface area contributed by atoms with Gasteiger partial charge in [-0.05, 0) is 43.2 Å². The molecule has 2 aromatic carbocycles. The van der Waals surface area contributed by atoms with E-state index in [4.69, 9.17) is 9.47 Å². The fourth-order valence-electron chi connectivity index (χ4n) is 3.25. The van der Waals surface area contributed by atoms with Gasteiger partial charge in [0.15, 0.2) is 11.5 Å². The number of amides is 1. The molecule has 0 atom stereocenters. The predicted molar refractivity (Wildman–Crippen MR) is 109 cm³/mol. The summed E-state index contributed by atoms with van der Waals surface area (Å²) in [5.74, 6) is -0.579. The number of hydrogen-bond acceptors (Lipinski definition) is 5. The number of phenols is 1. The molecule has 6 nitrogen and oxygen atoms in total. The summed E-state index contributed by atoms with van der Waals surface area (Å²) < 4.78 is 10.0. The van der Waals surface area contributed by atoms with Crippen molar-refractivity contribution in [3.63, 3.8) is 0 Å². The highest BCUT2D eigenvalue weighted by Gasteiger charge is 2.37. The number of rotatable bonds is 5. The molecule has 0 radical (unpaired) electrons. The topological polar surface area (TPSA) is 76.1 Å². The van der Waals surface area contributed by atoms with Crippen LogP contribution in [0.4, 0.5) is 0 Å². The second kappa shape index (κ2) is 8.22. The van der Waals surface area contributed by atoms with Crippen LogP contribution in [0.1, 0.15) is 23.6 Å². The maximum absolute atomic E-state index is 13.2. The van der Waals surface area contributed by atoms with Crippen LogP contribution >= 0.6 is 0 Å². The number of phenolic OH excluding ortho intramolecular Hbond substituents is 1. The van der Waals surface area contributed by atoms with Crippen molar-refractivity contribution < 1.29 is 24.2 Å². The van der Waals surface area contributed by atoms with Crippen molar-refractivity contribution in [3.05, 3.63) is 76.0 Å². The number of benzene rings is 2. The number of methoxy groups -OCH3 is 2. The van der Waals surface area contributed by atoms with Crippen LogP contribution in [-0.2, 0) is 20.9 Å². The highest BCUT2D eigenvalue weighted by Crippen LogP contribution is 2.34. The van der Waals surface area contributed by atoms with Gasteiger partial charge in [0.2, 0.25) is 0 Å². The number of aromatic hydroxyl groups is 1. The second-order valence-electron chi connectivity index (χ2n) is 6.82. The molecule has 1 N–H and O–H groups in total. The first-order valence-electron chi connectivity index (χ1n) is 9.11. The van der Waals surface area contributed by atoms with E-state index in [1.165, 1.54) is 20.3 Å². The number of esters is 1. The van der Waals surface area contributed by atoms with Crippen molar-refractivity contribution in [2.45, 2.75) is 20.4 Å². The van der Waals surface area contributed by atoms with Crippen molar-refractivity contribution in [1.29, 1.82) is 0 Å². The number of nitrogens with zero attached hydrogens (tertiary/aromatic N) is 1. The Balaban J connectivity index is 2.03. The normalized spacial score (nSPS) is 15.2. The van der Waals surface area contributed by atoms with Crippen LogP contribution in [0.15, 0.2) is 59.3 Å². The zero-order valence-electron chi connectivity index (χ0n) is 16.9. The van der Waals surface area contributed by atoms with Gasteiger partial charge >= 0.3 is 5.97 Å². The van der Waals surface area contributed by atoms with E-state index < -0.39 is 5.97 Å². The quantitative estimate of drug-likeness (QED) is 0.621. The van der Waals surface area contributed by atoms with Gasteiger partial charge in [-0.2, -0.15) is 0 Å². The van der Waals surface area contributed by atoms with Gasteiger partial charge in [0, 0.05) is 5.70 Å². The fourth-order valence-corrected chi connectivity index (χ4v) is 3.25. The van der Waals surface area contributed by atoms with Crippen molar-refractivity contribution in [2.24, 2.45) is 0 Å². The molecule has 0 fully saturated rings. The van der Waals surface area contributed by atoms with Gasteiger partial charge in [-0.15, -0.1) is 0 Å². The summed E-state index contributed by atoms with van der Waals surface area (Å²) in [6, 6.07) is 12.6. The molecule has 1 heterocycles. The smallest absolute Gasteiger partial charge is 0.340 e. The molecule has 0 bridgehead atoms. The molecule has 1 aliphatic heterocycles. The number of aryl methyl sites for hydroxylation is 1. The fraction of sp³-hybridized carbons (Fsp3) is 0.217. The lowest BCUT2D eigenvalue weighted by Crippen LogP contribution is -2.24. The minimum atomic E-state index is -0.570. The summed E-state index contributed by atoms with van der Waals surface area (Å²) in [6.07, 6.45) is 1.61. The van der Waals surface area contributed by atoms with E-state index in [9.17, 15) is 14.7 Å². The molecule has 150 valence electrons. The Kier molecular flexibility index (Phi) is 5.73. The Labute approximate surface area is 169 Å². The molecular weight excluding hydrogens is 370 g/mol. The van der Waals surface area contributed by atoms with Gasteiger partial charge in [-0.3, -0.25) is 4.79 Å². The van der Waals surface area contributed by atoms with Crippen molar-refractivity contribution in [3.8, 4) is 11.5 Å². The van der Waals surface area contributed by atoms with Crippen LogP contribution in [0.5, 0.6) is 11.5 Å². The largest absolute Gasteiger partial charge is 0.504 e. The SMILES string of the molecule is COC(=O)C1=C(C)N(Cc2ccc(C)cc2)C(=O)/C1=C\c1ccc(O)c(OC)c1. The van der Waals surface area contributed by atoms with Crippen LogP contribution in [0.3, 0.4) is 0 Å². The van der Waals surface area contributed by atoms with Crippen LogP contribution < -0.4 is 4.74 Å². The average molecular weight is 393 g/mol. The van der Waals surface area contributed by atoms with Crippen LogP contribution in [0, 0.1) is 6.92 Å². The van der Waals surface area contributed by atoms with E-state index in [2.05, 4.69) is 0 Å². The molecule has 2 aromatic rings. The number of allylic oxidation sites excluding steroid dienone is 1. The summed E-state index contributed by atoms with van der Waals surface area (Å²) in [4.78, 5) is 27.2. The van der Waals surface area contributed by atoms with E-state index >= 15 is 0 Å². The zero-order valence-corrected chi connectivity index (χ0v) is 16.9. The summed E-state index contributed by atoms with van der Waals surface area (Å²) >= 11 is 0. The van der Waals surface area contributed by atoms with Crippen molar-refractivity contribution >= 4 is 18.0 Å². The molecular formula is C23H23NO5. The number of ether oxygens (including phenoxy) is 2. The standard InChI is InChI=1S/C23H23NO5/c1-14-5-7-16(8-6-14)13-24-15(2)21(23(27)29-4)18(22(24)26)11-17-9-10-19(25)20(12-17)28-3/h5-12,25H,13H2,1-4H3/b18-11-. The van der Waals surface area contributed by atoms with E-state index in [0.29, 0.717) is 17.8 Å². The molecule has 0 aliphatic carbocycles. The van der Waals surface area contributed by atoms with E-state index in [-0.39, 0.29) is 28.6 Å². The van der Waals surface area contributed by atoms with E-state index in [1.807, 2.05) is 31.2 Å². The third kappa shape index (κ3) is 4.01. The van der Waals surface area contributed by atoms with E-state index in [1.54, 1.807) is 30.0 Å². The van der Waals surface area contributed by atoms with Crippen molar-refractivity contribution in [1.82, 2.24) is 4.90 Å². The summed E-state index contributed by atoms with van der Waals surface area (Å²) in [7, 11) is 2.73. The third-order valence-corrected chi connectivity index (χ3v) is 4.88. The summed E-state index contributed by atoms with van der Waals surface area (Å²) in [6.45, 7) is 4.08. The predicted octanol–water partition coefficient (Wildman–Crippen LogP) is 3.58. The molecule has 29 heavy (non-hydrogen) atoms. The van der Waals surface area contributed by atoms with Gasteiger partial charge in [0.1, 0.15) is 0 Å². The Hall–Kier alpha value is -3.54. The molecule has 1 aliphatic rings. The highest BCUT2D eigenvalue weighted by atomic mass is 16.5. The zero-order chi connectivity index (χ0) is 21.1. The minimum Gasteiger partial charge on any atom is -0.504 e. The number of carbonyl (C=O) groups is 2. The van der Waals surface area contributed by atoms with Gasteiger partial charge in [-0.25, -0.2) is 4.79 Å². The Morgan fingerprint density at radius 2 is 1.79 bits per heavy atom. The summed E-state index contributed by atoms with van der Waals surface area (Å²) in [5.41, 5.74) is 3.73. The molecule has 0 unspecified atom stereocenters. The average Bonchev–Trinajstić information content (AvgIpc) is 2.94. The van der Waals surface area contributed by atoms with Gasteiger partial charge < -0.3 is 19.5 Å². The molecule has 6 heteroatoms. The molecule has 1 amide bonds. The Morgan fingerprint density at radius 3 is 2.41 bits per heavy atom. The van der Waals surface area contributed by atoms with Crippen LogP contribution in [0.2, 0.25) is 0 Å². The monoisotopic (exact) mass is 393 g/mol. The van der Waals surface area contributed by atoms with Crippen LogP contribution in [-0.4, -0.2) is 36.1 Å². The minimum absolute atomic E-state index is 0.00619. The summed E-state index contributed by atoms with van der Waals surface area (Å²) in [5, 5.41) is 9.79. The maximum atomic E-state index is 13.2. The van der Waals surface area contributed by atoms with E-state index in [0.717, 1.165) is 11.1 Å². The molecule has 0 spiro atoms.